The van der Waals surface area contributed by atoms with Crippen LogP contribution in [0.5, 0.6) is 0 Å². The Balaban J connectivity index is 1.64. The third-order valence-corrected chi connectivity index (χ3v) is 4.15. The van der Waals surface area contributed by atoms with E-state index in [0.717, 1.165) is 16.6 Å². The summed E-state index contributed by atoms with van der Waals surface area (Å²) in [6.45, 7) is 0. The monoisotopic (exact) mass is 294 g/mol. The Labute approximate surface area is 121 Å². The summed E-state index contributed by atoms with van der Waals surface area (Å²) in [6, 6.07) is 9.90. The molecule has 21 heavy (non-hydrogen) atoms. The molecule has 3 rings (SSSR count). The van der Waals surface area contributed by atoms with Crippen molar-refractivity contribution in [1.82, 2.24) is 4.98 Å². The van der Waals surface area contributed by atoms with Crippen LogP contribution >= 0.6 is 0 Å². The zero-order chi connectivity index (χ0) is 14.9. The summed E-state index contributed by atoms with van der Waals surface area (Å²) in [7, 11) is 0. The van der Waals surface area contributed by atoms with Gasteiger partial charge in [-0.25, -0.2) is 0 Å². The lowest BCUT2D eigenvalue weighted by molar-refractivity contribution is -0.182. The number of alkyl halides is 3. The third-order valence-electron chi connectivity index (χ3n) is 4.15. The molecular weight excluding hydrogens is 277 g/mol. The zero-order valence-electron chi connectivity index (χ0n) is 11.5. The van der Waals surface area contributed by atoms with Crippen molar-refractivity contribution in [3.05, 3.63) is 36.5 Å². The summed E-state index contributed by atoms with van der Waals surface area (Å²) in [5, 5.41) is 4.35. The molecule has 1 aliphatic carbocycles. The lowest BCUT2D eigenvalue weighted by Crippen LogP contribution is -2.32. The second-order valence-electron chi connectivity index (χ2n) is 5.65. The molecule has 0 atom stereocenters. The number of halogens is 3. The standard InChI is InChI=1S/C16H17F3N2/c17-16(18,19)12-5-7-13(8-6-12)21-14-9-11-3-1-2-4-15(11)20-10-14/h1-4,9-10,12-13,21H,5-8H2. The van der Waals surface area contributed by atoms with Crippen molar-refractivity contribution in [2.45, 2.75) is 37.9 Å². The molecule has 2 nitrogen and oxygen atoms in total. The Kier molecular flexibility index (Phi) is 3.74. The SMILES string of the molecule is FC(F)(F)C1CCC(Nc2cnc3ccccc3c2)CC1. The van der Waals surface area contributed by atoms with Gasteiger partial charge >= 0.3 is 6.18 Å². The number of aromatic nitrogens is 1. The molecular formula is C16H17F3N2. The van der Waals surface area contributed by atoms with Crippen molar-refractivity contribution in [2.75, 3.05) is 5.32 Å². The summed E-state index contributed by atoms with van der Waals surface area (Å²) < 4.78 is 37.9. The highest BCUT2D eigenvalue weighted by Crippen LogP contribution is 2.38. The molecule has 1 aliphatic rings. The number of hydrogen-bond acceptors (Lipinski definition) is 2. The number of nitrogens with zero attached hydrogens (tertiary/aromatic N) is 1. The molecule has 112 valence electrons. The molecule has 2 aromatic rings. The number of nitrogens with one attached hydrogen (secondary N) is 1. The molecule has 0 bridgehead atoms. The minimum atomic E-state index is -4.05. The molecule has 5 heteroatoms. The van der Waals surface area contributed by atoms with Gasteiger partial charge in [0, 0.05) is 11.4 Å². The molecule has 0 spiro atoms. The van der Waals surface area contributed by atoms with Crippen LogP contribution < -0.4 is 5.32 Å². The topological polar surface area (TPSA) is 24.9 Å². The third kappa shape index (κ3) is 3.28. The molecule has 1 aromatic heterocycles. The lowest BCUT2D eigenvalue weighted by Gasteiger charge is -2.30. The van der Waals surface area contributed by atoms with Crippen molar-refractivity contribution in [3.8, 4) is 0 Å². The highest BCUT2D eigenvalue weighted by molar-refractivity contribution is 5.81. The largest absolute Gasteiger partial charge is 0.391 e. The maximum Gasteiger partial charge on any atom is 0.391 e. The second-order valence-corrected chi connectivity index (χ2v) is 5.65. The fourth-order valence-electron chi connectivity index (χ4n) is 2.95. The Morgan fingerprint density at radius 2 is 1.76 bits per heavy atom. The fraction of sp³-hybridized carbons (Fsp3) is 0.438. The van der Waals surface area contributed by atoms with Gasteiger partial charge < -0.3 is 5.32 Å². The van der Waals surface area contributed by atoms with Gasteiger partial charge in [-0.05, 0) is 37.8 Å². The molecule has 1 aromatic carbocycles. The zero-order valence-corrected chi connectivity index (χ0v) is 11.5. The van der Waals surface area contributed by atoms with Crippen LogP contribution in [-0.4, -0.2) is 17.2 Å². The van der Waals surface area contributed by atoms with Crippen LogP contribution in [0.4, 0.5) is 18.9 Å². The van der Waals surface area contributed by atoms with Gasteiger partial charge in [0.1, 0.15) is 0 Å². The van der Waals surface area contributed by atoms with Gasteiger partial charge in [-0.15, -0.1) is 0 Å². The quantitative estimate of drug-likeness (QED) is 0.863. The molecule has 1 N–H and O–H groups in total. The minimum Gasteiger partial charge on any atom is -0.381 e. The lowest BCUT2D eigenvalue weighted by atomic mass is 9.85. The van der Waals surface area contributed by atoms with E-state index in [4.69, 9.17) is 0 Å². The van der Waals surface area contributed by atoms with E-state index in [1.807, 2.05) is 30.3 Å². The van der Waals surface area contributed by atoms with Crippen LogP contribution in [0.1, 0.15) is 25.7 Å². The maximum atomic E-state index is 12.6. The van der Waals surface area contributed by atoms with Gasteiger partial charge in [0.05, 0.1) is 23.3 Å². The van der Waals surface area contributed by atoms with Crippen molar-refractivity contribution in [3.63, 3.8) is 0 Å². The number of pyridine rings is 1. The molecule has 0 amide bonds. The molecule has 1 heterocycles. The first-order chi connectivity index (χ1) is 10.0. The van der Waals surface area contributed by atoms with E-state index in [-0.39, 0.29) is 18.9 Å². The summed E-state index contributed by atoms with van der Waals surface area (Å²) >= 11 is 0. The van der Waals surface area contributed by atoms with E-state index in [0.29, 0.717) is 12.8 Å². The van der Waals surface area contributed by atoms with E-state index in [2.05, 4.69) is 10.3 Å². The van der Waals surface area contributed by atoms with Crippen LogP contribution in [0.25, 0.3) is 10.9 Å². The van der Waals surface area contributed by atoms with Gasteiger partial charge in [-0.2, -0.15) is 13.2 Å². The predicted molar refractivity (Wildman–Crippen MR) is 77.2 cm³/mol. The smallest absolute Gasteiger partial charge is 0.381 e. The average molecular weight is 294 g/mol. The van der Waals surface area contributed by atoms with Crippen molar-refractivity contribution < 1.29 is 13.2 Å². The molecule has 1 fully saturated rings. The van der Waals surface area contributed by atoms with E-state index < -0.39 is 12.1 Å². The van der Waals surface area contributed by atoms with Gasteiger partial charge in [0.25, 0.3) is 0 Å². The first-order valence-corrected chi connectivity index (χ1v) is 7.20. The number of benzene rings is 1. The highest BCUT2D eigenvalue weighted by Gasteiger charge is 2.41. The summed E-state index contributed by atoms with van der Waals surface area (Å²) in [4.78, 5) is 4.36. The molecule has 0 aliphatic heterocycles. The fourth-order valence-corrected chi connectivity index (χ4v) is 2.95. The van der Waals surface area contributed by atoms with E-state index in [1.54, 1.807) is 6.20 Å². The number of fused-ring (bicyclic) bond motifs is 1. The molecule has 0 unspecified atom stereocenters. The van der Waals surface area contributed by atoms with Crippen molar-refractivity contribution in [1.29, 1.82) is 0 Å². The Bertz CT molecular complexity index is 616. The van der Waals surface area contributed by atoms with Gasteiger partial charge in [0.15, 0.2) is 0 Å². The number of anilines is 1. The van der Waals surface area contributed by atoms with E-state index >= 15 is 0 Å². The Morgan fingerprint density at radius 3 is 2.48 bits per heavy atom. The van der Waals surface area contributed by atoms with Crippen LogP contribution in [0.2, 0.25) is 0 Å². The Morgan fingerprint density at radius 1 is 1.05 bits per heavy atom. The summed E-state index contributed by atoms with van der Waals surface area (Å²) in [5.41, 5.74) is 1.80. The first kappa shape index (κ1) is 14.2. The molecule has 0 radical (unpaired) electrons. The van der Waals surface area contributed by atoms with Gasteiger partial charge in [0.2, 0.25) is 0 Å². The summed E-state index contributed by atoms with van der Waals surface area (Å²) in [6.07, 6.45) is -0.772. The van der Waals surface area contributed by atoms with Crippen molar-refractivity contribution in [2.24, 2.45) is 5.92 Å². The predicted octanol–water partition coefficient (Wildman–Crippen LogP) is 4.77. The van der Waals surface area contributed by atoms with Crippen LogP contribution in [0.15, 0.2) is 36.5 Å². The van der Waals surface area contributed by atoms with Crippen LogP contribution in [-0.2, 0) is 0 Å². The first-order valence-electron chi connectivity index (χ1n) is 7.20. The number of rotatable bonds is 2. The van der Waals surface area contributed by atoms with Crippen molar-refractivity contribution >= 4 is 16.6 Å². The second kappa shape index (κ2) is 5.54. The van der Waals surface area contributed by atoms with E-state index in [1.165, 1.54) is 0 Å². The maximum absolute atomic E-state index is 12.6. The molecule has 0 saturated heterocycles. The number of para-hydroxylation sites is 1. The minimum absolute atomic E-state index is 0.103. The number of hydrogen-bond donors (Lipinski definition) is 1. The van der Waals surface area contributed by atoms with Crippen LogP contribution in [0.3, 0.4) is 0 Å². The van der Waals surface area contributed by atoms with Crippen LogP contribution in [0, 0.1) is 5.92 Å². The Hall–Kier alpha value is -1.78. The van der Waals surface area contributed by atoms with Gasteiger partial charge in [-0.1, -0.05) is 18.2 Å². The van der Waals surface area contributed by atoms with E-state index in [9.17, 15) is 13.2 Å². The van der Waals surface area contributed by atoms with Gasteiger partial charge in [-0.3, -0.25) is 4.98 Å². The summed E-state index contributed by atoms with van der Waals surface area (Å²) in [5.74, 6) is -1.13. The molecule has 1 saturated carbocycles. The average Bonchev–Trinajstić information content (AvgIpc) is 2.47. The highest BCUT2D eigenvalue weighted by atomic mass is 19.4. The normalized spacial score (nSPS) is 23.2.